The zero-order chi connectivity index (χ0) is 9.52. The number of hydrazone groups is 1. The Morgan fingerprint density at radius 3 is 3.15 bits per heavy atom. The maximum Gasteiger partial charge on any atom is 0.106 e. The second-order valence-corrected chi connectivity index (χ2v) is 2.35. The van der Waals surface area contributed by atoms with E-state index in [0.717, 1.165) is 0 Å². The summed E-state index contributed by atoms with van der Waals surface area (Å²) in [5.41, 5.74) is 13.1. The van der Waals surface area contributed by atoms with Gasteiger partial charge >= 0.3 is 0 Å². The van der Waals surface area contributed by atoms with Gasteiger partial charge in [-0.15, -0.1) is 0 Å². The molecule has 0 unspecified atom stereocenters. The molecule has 13 heavy (non-hydrogen) atoms. The van der Waals surface area contributed by atoms with Crippen LogP contribution in [0.3, 0.4) is 0 Å². The summed E-state index contributed by atoms with van der Waals surface area (Å²) < 4.78 is 0. The molecule has 6 heteroatoms. The molecule has 0 spiro atoms. The van der Waals surface area contributed by atoms with Gasteiger partial charge in [0.05, 0.1) is 17.4 Å². The summed E-state index contributed by atoms with van der Waals surface area (Å²) in [5, 5.41) is 3.77. The van der Waals surface area contributed by atoms with E-state index in [-0.39, 0.29) is 0 Å². The van der Waals surface area contributed by atoms with E-state index in [1.807, 2.05) is 0 Å². The van der Waals surface area contributed by atoms with E-state index in [1.54, 1.807) is 18.3 Å². The molecule has 0 amide bonds. The van der Waals surface area contributed by atoms with Gasteiger partial charge in [-0.25, -0.2) is 5.53 Å². The second-order valence-electron chi connectivity index (χ2n) is 2.11. The largest absolute Gasteiger partial charge is 0.397 e. The van der Waals surface area contributed by atoms with Crippen molar-refractivity contribution in [2.24, 2.45) is 5.10 Å². The Bertz CT molecular complexity index is 312. The van der Waals surface area contributed by atoms with Crippen LogP contribution in [0, 0.1) is 0 Å². The van der Waals surface area contributed by atoms with Gasteiger partial charge in [-0.05, 0) is 12.1 Å². The first kappa shape index (κ1) is 9.40. The highest BCUT2D eigenvalue weighted by Gasteiger charge is 1.92. The molecule has 1 heterocycles. The normalized spacial score (nSPS) is 9.85. The summed E-state index contributed by atoms with van der Waals surface area (Å²) in [6, 6.07) is 3.51. The van der Waals surface area contributed by atoms with Crippen LogP contribution in [0.25, 0.3) is 0 Å². The summed E-state index contributed by atoms with van der Waals surface area (Å²) in [7, 11) is 0. The Morgan fingerprint density at radius 1 is 1.62 bits per heavy atom. The molecule has 0 aromatic carbocycles. The maximum atomic E-state index is 5.60. The minimum Gasteiger partial charge on any atom is -0.397 e. The fraction of sp³-hybridized carbons (Fsp3) is 0. The highest BCUT2D eigenvalue weighted by atomic mass is 32.1. The van der Waals surface area contributed by atoms with Crippen molar-refractivity contribution < 1.29 is 0 Å². The first-order valence-corrected chi connectivity index (χ1v) is 3.99. The molecule has 0 aliphatic heterocycles. The standard InChI is InChI=1S/C7H9N5S/c8-6-2-1-3-9-7(6)4-10-12-11-5-13/h1-5,12H,8H2,(H,11,13). The minimum absolute atomic E-state index is 0.579. The van der Waals surface area contributed by atoms with Gasteiger partial charge in [0.2, 0.25) is 0 Å². The Morgan fingerprint density at radius 2 is 2.46 bits per heavy atom. The van der Waals surface area contributed by atoms with Crippen molar-refractivity contribution in [3.63, 3.8) is 0 Å². The third-order valence-electron chi connectivity index (χ3n) is 1.25. The van der Waals surface area contributed by atoms with Crippen LogP contribution in [-0.4, -0.2) is 16.7 Å². The van der Waals surface area contributed by atoms with Crippen molar-refractivity contribution in [3.05, 3.63) is 24.0 Å². The van der Waals surface area contributed by atoms with Crippen LogP contribution < -0.4 is 16.7 Å². The van der Waals surface area contributed by atoms with Crippen LogP contribution in [0.4, 0.5) is 5.69 Å². The van der Waals surface area contributed by atoms with E-state index in [2.05, 4.69) is 33.3 Å². The number of pyridine rings is 1. The summed E-state index contributed by atoms with van der Waals surface area (Å²) in [5.74, 6) is 0. The van der Waals surface area contributed by atoms with Gasteiger partial charge in [0.1, 0.15) is 5.69 Å². The number of nitrogens with two attached hydrogens (primary N) is 1. The molecular weight excluding hydrogens is 186 g/mol. The zero-order valence-electron chi connectivity index (χ0n) is 6.77. The van der Waals surface area contributed by atoms with Crippen LogP contribution in [0.1, 0.15) is 5.69 Å². The smallest absolute Gasteiger partial charge is 0.106 e. The Balaban J connectivity index is 2.58. The third kappa shape index (κ3) is 3.04. The lowest BCUT2D eigenvalue weighted by molar-refractivity contribution is 0.719. The van der Waals surface area contributed by atoms with Crippen LogP contribution in [0.15, 0.2) is 23.4 Å². The minimum atomic E-state index is 0.579. The molecule has 0 saturated heterocycles. The number of nitrogen functional groups attached to an aromatic ring is 1. The summed E-state index contributed by atoms with van der Waals surface area (Å²) >= 11 is 4.50. The average molecular weight is 195 g/mol. The first-order valence-electron chi connectivity index (χ1n) is 3.52. The number of nitrogens with zero attached hydrogens (tertiary/aromatic N) is 2. The molecule has 0 fully saturated rings. The summed E-state index contributed by atoms with van der Waals surface area (Å²) in [6.07, 6.45) is 3.14. The van der Waals surface area contributed by atoms with Crippen molar-refractivity contribution in [1.82, 2.24) is 15.9 Å². The quantitative estimate of drug-likeness (QED) is 0.274. The van der Waals surface area contributed by atoms with Gasteiger partial charge in [-0.3, -0.25) is 10.4 Å². The molecule has 4 N–H and O–H groups in total. The highest BCUT2D eigenvalue weighted by molar-refractivity contribution is 7.78. The predicted molar refractivity (Wildman–Crippen MR) is 56.2 cm³/mol. The molecule has 0 bridgehead atoms. The Kier molecular flexibility index (Phi) is 3.65. The number of hydrazine groups is 1. The molecule has 0 aliphatic rings. The Hall–Kier alpha value is -1.69. The fourth-order valence-corrected chi connectivity index (χ4v) is 0.748. The van der Waals surface area contributed by atoms with E-state index in [0.29, 0.717) is 11.4 Å². The molecule has 68 valence electrons. The lowest BCUT2D eigenvalue weighted by atomic mass is 10.3. The first-order chi connectivity index (χ1) is 6.34. The summed E-state index contributed by atoms with van der Waals surface area (Å²) in [6.45, 7) is 0. The maximum absolute atomic E-state index is 5.60. The predicted octanol–water partition coefficient (Wildman–Crippen LogP) is 0.0491. The van der Waals surface area contributed by atoms with Gasteiger partial charge in [0.25, 0.3) is 0 Å². The molecule has 5 nitrogen and oxygen atoms in total. The molecule has 0 aliphatic carbocycles. The van der Waals surface area contributed by atoms with Crippen LogP contribution in [0.5, 0.6) is 0 Å². The van der Waals surface area contributed by atoms with Crippen molar-refractivity contribution in [2.75, 3.05) is 5.73 Å². The van der Waals surface area contributed by atoms with Gasteiger partial charge in [-0.1, -0.05) is 12.2 Å². The van der Waals surface area contributed by atoms with Crippen LogP contribution >= 0.6 is 12.2 Å². The van der Waals surface area contributed by atoms with Gasteiger partial charge < -0.3 is 5.73 Å². The number of rotatable bonds is 4. The lowest BCUT2D eigenvalue weighted by Crippen LogP contribution is -2.24. The topological polar surface area (TPSA) is 75.3 Å². The van der Waals surface area contributed by atoms with Gasteiger partial charge in [-0.2, -0.15) is 5.10 Å². The van der Waals surface area contributed by atoms with Crippen molar-refractivity contribution in [3.8, 4) is 0 Å². The third-order valence-corrected chi connectivity index (χ3v) is 1.36. The Labute approximate surface area is 81.0 Å². The lowest BCUT2D eigenvalue weighted by Gasteiger charge is -1.97. The fourth-order valence-electron chi connectivity index (χ4n) is 0.695. The molecule has 1 aromatic rings. The molecular formula is C7H9N5S. The van der Waals surface area contributed by atoms with E-state index in [1.165, 1.54) is 11.7 Å². The molecule has 0 radical (unpaired) electrons. The van der Waals surface area contributed by atoms with E-state index in [9.17, 15) is 0 Å². The van der Waals surface area contributed by atoms with Crippen molar-refractivity contribution in [2.45, 2.75) is 0 Å². The van der Waals surface area contributed by atoms with Crippen molar-refractivity contribution >= 4 is 29.6 Å². The molecule has 0 atom stereocenters. The number of hydrogen-bond acceptors (Lipinski definition) is 5. The number of thiocarbonyl (C=S) groups is 1. The molecule has 1 aromatic heterocycles. The van der Waals surface area contributed by atoms with Gasteiger partial charge in [0.15, 0.2) is 0 Å². The van der Waals surface area contributed by atoms with E-state index < -0.39 is 0 Å². The van der Waals surface area contributed by atoms with Crippen LogP contribution in [-0.2, 0) is 0 Å². The SMILES string of the molecule is Nc1cccnc1C=NNNC=S. The van der Waals surface area contributed by atoms with Gasteiger partial charge in [0, 0.05) is 6.20 Å². The zero-order valence-corrected chi connectivity index (χ0v) is 7.58. The molecule has 0 saturated carbocycles. The number of anilines is 1. The molecule has 1 rings (SSSR count). The van der Waals surface area contributed by atoms with E-state index in [4.69, 9.17) is 5.73 Å². The highest BCUT2D eigenvalue weighted by Crippen LogP contribution is 2.02. The number of hydrogen-bond donors (Lipinski definition) is 3. The number of aromatic nitrogens is 1. The summed E-state index contributed by atoms with van der Waals surface area (Å²) in [4.78, 5) is 4.00. The monoisotopic (exact) mass is 195 g/mol. The average Bonchev–Trinajstić information content (AvgIpc) is 2.15. The van der Waals surface area contributed by atoms with Crippen molar-refractivity contribution in [1.29, 1.82) is 0 Å². The van der Waals surface area contributed by atoms with Crippen LogP contribution in [0.2, 0.25) is 0 Å². The second kappa shape index (κ2) is 5.04. The number of nitrogens with one attached hydrogen (secondary N) is 2. The van der Waals surface area contributed by atoms with E-state index >= 15 is 0 Å².